The van der Waals surface area contributed by atoms with E-state index in [-0.39, 0.29) is 39.4 Å². The van der Waals surface area contributed by atoms with Crippen molar-refractivity contribution in [3.63, 3.8) is 0 Å². The van der Waals surface area contributed by atoms with Crippen LogP contribution in [0.4, 0.5) is 0 Å². The topological polar surface area (TPSA) is 184 Å². The van der Waals surface area contributed by atoms with Gasteiger partial charge in [0.15, 0.2) is 0 Å². The summed E-state index contributed by atoms with van der Waals surface area (Å²) in [5.74, 6) is -0.501. The van der Waals surface area contributed by atoms with E-state index in [1.807, 2.05) is 205 Å². The number of ether oxygens (including phenoxy) is 2. The summed E-state index contributed by atoms with van der Waals surface area (Å²) in [6.07, 6.45) is 2.49. The maximum absolute atomic E-state index is 13.6. The summed E-state index contributed by atoms with van der Waals surface area (Å²) < 4.78 is 16.2. The molecule has 0 aliphatic carbocycles. The lowest BCUT2D eigenvalue weighted by Gasteiger charge is -2.24. The van der Waals surface area contributed by atoms with E-state index in [0.717, 1.165) is 39.2 Å². The number of carbonyl (C=O) groups excluding carboxylic acids is 2. The minimum atomic E-state index is -0.755. The summed E-state index contributed by atoms with van der Waals surface area (Å²) in [6.45, 7) is -1.49. The van der Waals surface area contributed by atoms with Crippen LogP contribution >= 0.6 is 22.7 Å². The molecule has 5 heterocycles. The van der Waals surface area contributed by atoms with Crippen LogP contribution in [0.1, 0.15) is 25.0 Å². The van der Waals surface area contributed by atoms with Gasteiger partial charge < -0.3 is 23.8 Å². The number of nitrogens with one attached hydrogen (secondary N) is 2. The molecule has 0 atom stereocenters. The van der Waals surface area contributed by atoms with E-state index in [9.17, 15) is 25.5 Å². The van der Waals surface area contributed by atoms with Crippen LogP contribution in [-0.2, 0) is 0 Å². The molecule has 0 aliphatic rings. The van der Waals surface area contributed by atoms with Gasteiger partial charge in [0.1, 0.15) is 50.2 Å². The van der Waals surface area contributed by atoms with Gasteiger partial charge >= 0.3 is 25.6 Å². The van der Waals surface area contributed by atoms with Crippen LogP contribution < -0.4 is 42.0 Å². The largest absolute Gasteiger partial charge is 0.422 e. The van der Waals surface area contributed by atoms with Crippen LogP contribution in [0.5, 0.6) is 11.5 Å². The Labute approximate surface area is 514 Å². The Bertz CT molecular complexity index is 4830. The average Bonchev–Trinajstić information content (AvgIpc) is 1.62. The number of aromatic nitrogens is 4. The van der Waals surface area contributed by atoms with Crippen LogP contribution in [0, 0.1) is 33.5 Å². The van der Waals surface area contributed by atoms with E-state index in [0.29, 0.717) is 59.4 Å². The number of carbonyl (C=O) groups is 2. The number of hydrogen-bond acceptors (Lipinski definition) is 12. The van der Waals surface area contributed by atoms with Crippen molar-refractivity contribution < 1.29 is 19.1 Å². The Morgan fingerprint density at radius 1 is 0.489 bits per heavy atom. The number of esters is 2. The average molecular weight is 1170 g/mol. The number of benzene rings is 8. The molecule has 0 fully saturated rings. The van der Waals surface area contributed by atoms with Crippen molar-refractivity contribution in [3.8, 4) is 57.3 Å². The molecule has 5 aromatic heterocycles. The van der Waals surface area contributed by atoms with E-state index >= 15 is 0 Å². The number of hydrogen-bond donors (Lipinski definition) is 2. The highest BCUT2D eigenvalue weighted by Gasteiger charge is 2.37. The quantitative estimate of drug-likeness (QED) is 0.0414. The molecule has 0 unspecified atom stereocenters. The first-order chi connectivity index (χ1) is 43.3. The SMILES string of the molecule is N#C/C(C(=N)C=N)=c1\c2c(-c3ccc(OC(=O)c4cccs4)cc3)n(B(c3ccccc3)c3ccccc3)/c(=C(/C#N)c3cnc4cc(-c5ccccc5)ccc4n3)c2c(-c2ccc(OC(=O)c3cccs3)cc2)n1B(c1ccccc1)c1ccccc1. The first kappa shape index (κ1) is 55.6. The van der Waals surface area contributed by atoms with Crippen molar-refractivity contribution in [1.82, 2.24) is 18.9 Å². The van der Waals surface area contributed by atoms with E-state index in [4.69, 9.17) is 24.9 Å². The Balaban J connectivity index is 1.26. The van der Waals surface area contributed by atoms with Gasteiger partial charge in [-0.15, -0.1) is 22.7 Å². The molecule has 13 aromatic rings. The second kappa shape index (κ2) is 24.6. The van der Waals surface area contributed by atoms with Crippen molar-refractivity contribution in [2.24, 2.45) is 0 Å². The van der Waals surface area contributed by atoms with Crippen LogP contribution in [0.25, 0.3) is 66.6 Å². The Hall–Kier alpha value is -11.6. The molecule has 0 saturated carbocycles. The Morgan fingerprint density at radius 3 is 1.34 bits per heavy atom. The molecule has 8 aromatic carbocycles. The molecule has 0 bridgehead atoms. The molecule has 2 N–H and O–H groups in total. The molecule has 0 spiro atoms. The van der Waals surface area contributed by atoms with Crippen molar-refractivity contribution in [2.75, 3.05) is 0 Å². The van der Waals surface area contributed by atoms with Crippen molar-refractivity contribution in [2.45, 2.75) is 0 Å². The van der Waals surface area contributed by atoms with E-state index in [2.05, 4.69) is 21.1 Å². The summed E-state index contributed by atoms with van der Waals surface area (Å²) in [6, 6.07) is 81.8. The summed E-state index contributed by atoms with van der Waals surface area (Å²) in [5, 5.41) is 47.9. The molecule has 0 amide bonds. The highest BCUT2D eigenvalue weighted by molar-refractivity contribution is 7.12. The Kier molecular flexibility index (Phi) is 15.5. The van der Waals surface area contributed by atoms with Crippen LogP contribution in [0.15, 0.2) is 260 Å². The molecule has 0 aliphatic heterocycles. The summed E-state index contributed by atoms with van der Waals surface area (Å²) in [7, 11) is 0. The molecule has 12 nitrogen and oxygen atoms in total. The first-order valence-corrected chi connectivity index (χ1v) is 29.8. The second-order valence-electron chi connectivity index (χ2n) is 20.5. The van der Waals surface area contributed by atoms with Gasteiger partial charge in [0, 0.05) is 28.4 Å². The normalized spacial score (nSPS) is 11.7. The number of fused-ring (bicyclic) bond motifs is 2. The van der Waals surface area contributed by atoms with E-state index in [1.165, 1.54) is 22.7 Å². The predicted octanol–water partition coefficient (Wildman–Crippen LogP) is 11.3. The van der Waals surface area contributed by atoms with Gasteiger partial charge in [0.05, 0.1) is 33.6 Å². The maximum atomic E-state index is 13.6. The zero-order valence-electron chi connectivity index (χ0n) is 46.7. The van der Waals surface area contributed by atoms with Crippen LogP contribution in [0.2, 0.25) is 0 Å². The van der Waals surface area contributed by atoms with Crippen molar-refractivity contribution >= 4 is 115 Å². The molecule has 416 valence electrons. The fourth-order valence-corrected chi connectivity index (χ4v) is 12.6. The fraction of sp³-hybridized carbons (Fsp3) is 0. The smallest absolute Gasteiger partial charge is 0.353 e. The van der Waals surface area contributed by atoms with Crippen LogP contribution in [0.3, 0.4) is 0 Å². The number of thiophene rings is 2. The van der Waals surface area contributed by atoms with Gasteiger partial charge in [-0.05, 0) is 106 Å². The monoisotopic (exact) mass is 1170 g/mol. The van der Waals surface area contributed by atoms with Gasteiger partial charge in [-0.1, -0.05) is 192 Å². The Morgan fingerprint density at radius 2 is 0.920 bits per heavy atom. The number of nitriles is 2. The number of rotatable bonds is 16. The van der Waals surface area contributed by atoms with Gasteiger partial charge in [-0.25, -0.2) is 14.6 Å². The molecular formula is C72H46B2N8O4S2. The maximum Gasteiger partial charge on any atom is 0.353 e. The minimum Gasteiger partial charge on any atom is -0.422 e. The third kappa shape index (κ3) is 10.6. The summed E-state index contributed by atoms with van der Waals surface area (Å²) >= 11 is 2.54. The molecule has 16 heteroatoms. The molecule has 0 saturated heterocycles. The van der Waals surface area contributed by atoms with Gasteiger partial charge in [0.25, 0.3) is 0 Å². The van der Waals surface area contributed by atoms with Gasteiger partial charge in [0.2, 0.25) is 0 Å². The molecule has 0 radical (unpaired) electrons. The van der Waals surface area contributed by atoms with E-state index in [1.54, 1.807) is 54.7 Å². The highest BCUT2D eigenvalue weighted by atomic mass is 32.1. The zero-order valence-corrected chi connectivity index (χ0v) is 48.3. The zero-order chi connectivity index (χ0) is 60.1. The summed E-state index contributed by atoms with van der Waals surface area (Å²) in [5.41, 5.74) is 8.43. The lowest BCUT2D eigenvalue weighted by molar-refractivity contribution is 0.0730. The lowest BCUT2D eigenvalue weighted by atomic mass is 9.50. The molecular weight excluding hydrogens is 1130 g/mol. The number of nitrogens with zero attached hydrogens (tertiary/aromatic N) is 6. The summed E-state index contributed by atoms with van der Waals surface area (Å²) in [4.78, 5) is 38.3. The van der Waals surface area contributed by atoms with Crippen LogP contribution in [-0.4, -0.2) is 56.5 Å². The minimum absolute atomic E-state index is 0.124. The third-order valence-electron chi connectivity index (χ3n) is 15.3. The predicted molar refractivity (Wildman–Crippen MR) is 354 cm³/mol. The van der Waals surface area contributed by atoms with Crippen molar-refractivity contribution in [3.05, 3.63) is 286 Å². The highest BCUT2D eigenvalue weighted by Crippen LogP contribution is 2.38. The van der Waals surface area contributed by atoms with Crippen molar-refractivity contribution in [1.29, 1.82) is 21.3 Å². The molecule has 88 heavy (non-hydrogen) atoms. The third-order valence-corrected chi connectivity index (χ3v) is 17.0. The first-order valence-electron chi connectivity index (χ1n) is 28.0. The standard InChI is InChI=1S/C72H46B2N8O4S2/c75-43-57(59(78)45-77)69-65-66(68(49-32-37-56(38-33-49)86-72(84)64-29-17-41-88-64)81(69)73(51-20-8-2-9-21-51)52-22-10-3-11-23-52)70(58(44-76)62-46-79-61-42-50(34-39-60(61)80-62)47-18-6-1-7-19-47)82(74(53-24-12-4-13-25-53)54-26-14-5-15-27-54)67(65)48-30-35-55(36-31-48)85-71(83)63-28-16-40-87-63/h1-42,45-46,77-78H/b69-57-,70-58-,77-45?,78-59?. The lowest BCUT2D eigenvalue weighted by Crippen LogP contribution is -2.54. The fourth-order valence-electron chi connectivity index (χ4n) is 11.5. The van der Waals surface area contributed by atoms with Gasteiger partial charge in [-0.3, -0.25) is 10.4 Å². The van der Waals surface area contributed by atoms with E-state index < -0.39 is 25.6 Å². The van der Waals surface area contributed by atoms with Gasteiger partial charge in [-0.2, -0.15) is 10.5 Å². The second-order valence-corrected chi connectivity index (χ2v) is 22.4. The molecule has 13 rings (SSSR count).